The second-order valence-corrected chi connectivity index (χ2v) is 6.68. The fourth-order valence-corrected chi connectivity index (χ4v) is 3.54. The van der Waals surface area contributed by atoms with Crippen LogP contribution < -0.4 is 10.6 Å². The highest BCUT2D eigenvalue weighted by Crippen LogP contribution is 2.31. The molecule has 1 aliphatic heterocycles. The first-order valence-corrected chi connectivity index (χ1v) is 8.68. The van der Waals surface area contributed by atoms with E-state index in [1.165, 1.54) is 0 Å². The summed E-state index contributed by atoms with van der Waals surface area (Å²) in [6.07, 6.45) is 8.36. The van der Waals surface area contributed by atoms with E-state index in [9.17, 15) is 5.11 Å². The topological polar surface area (TPSA) is 93.1 Å². The first-order valence-electron chi connectivity index (χ1n) is 8.68. The second-order valence-electron chi connectivity index (χ2n) is 6.68. The van der Waals surface area contributed by atoms with Crippen molar-refractivity contribution in [3.8, 4) is 22.3 Å². The molecule has 7 nitrogen and oxygen atoms in total. The Hall–Kier alpha value is -2.77. The van der Waals surface area contributed by atoms with Gasteiger partial charge in [0, 0.05) is 60.6 Å². The third kappa shape index (κ3) is 2.95. The molecule has 4 heterocycles. The van der Waals surface area contributed by atoms with Crippen molar-refractivity contribution in [1.82, 2.24) is 19.7 Å². The molecule has 0 radical (unpaired) electrons. The van der Waals surface area contributed by atoms with Crippen LogP contribution in [0.1, 0.15) is 17.7 Å². The molecule has 1 unspecified atom stereocenters. The molecule has 3 aromatic rings. The Morgan fingerprint density at radius 2 is 1.92 bits per heavy atom. The molecule has 26 heavy (non-hydrogen) atoms. The first-order chi connectivity index (χ1) is 12.5. The average molecular weight is 350 g/mol. The van der Waals surface area contributed by atoms with Crippen LogP contribution in [0.15, 0.2) is 36.9 Å². The predicted molar refractivity (Wildman–Crippen MR) is 100 cm³/mol. The number of aliphatic hydroxyl groups excluding tert-OH is 1. The molecule has 1 aliphatic rings. The number of nitrogens with zero attached hydrogens (tertiary/aromatic N) is 5. The summed E-state index contributed by atoms with van der Waals surface area (Å²) in [5, 5.41) is 14.2. The van der Waals surface area contributed by atoms with Crippen LogP contribution in [0, 0.1) is 6.92 Å². The summed E-state index contributed by atoms with van der Waals surface area (Å²) in [6, 6.07) is 4.23. The van der Waals surface area contributed by atoms with Crippen molar-refractivity contribution in [3.63, 3.8) is 0 Å². The van der Waals surface area contributed by atoms with Gasteiger partial charge in [0.25, 0.3) is 0 Å². The maximum atomic E-state index is 9.75. The van der Waals surface area contributed by atoms with Crippen LogP contribution in [0.2, 0.25) is 0 Å². The number of hydrogen-bond donors (Lipinski definition) is 2. The number of aromatic nitrogens is 4. The third-order valence-corrected chi connectivity index (χ3v) is 4.78. The van der Waals surface area contributed by atoms with E-state index in [1.807, 2.05) is 43.4 Å². The van der Waals surface area contributed by atoms with Crippen molar-refractivity contribution in [2.75, 3.05) is 11.4 Å². The lowest BCUT2D eigenvalue weighted by atomic mass is 9.99. The number of fused-ring (bicyclic) bond motifs is 1. The summed E-state index contributed by atoms with van der Waals surface area (Å²) in [4.78, 5) is 10.7. The highest BCUT2D eigenvalue weighted by atomic mass is 16.3. The number of aryl methyl sites for hydroxylation is 3. The molecule has 0 aliphatic carbocycles. The molecule has 0 bridgehead atoms. The van der Waals surface area contributed by atoms with Gasteiger partial charge in [-0.1, -0.05) is 0 Å². The highest BCUT2D eigenvalue weighted by Gasteiger charge is 2.22. The Bertz CT molecular complexity index is 949. The lowest BCUT2D eigenvalue weighted by molar-refractivity contribution is 0.173. The smallest absolute Gasteiger partial charge is 0.182 e. The van der Waals surface area contributed by atoms with Crippen LogP contribution in [0.5, 0.6) is 0 Å². The Morgan fingerprint density at radius 3 is 2.65 bits per heavy atom. The minimum atomic E-state index is -1.02. The standard InChI is InChI=1S/C19H22N6O/c1-12-17(11-24(2)23-12)16-7-14(8-21-9-16)15-6-13-4-3-5-25(19(20)26)18(13)22-10-15/h6-11,19,26H,3-5,20H2,1-2H3. The molecule has 0 saturated carbocycles. The van der Waals surface area contributed by atoms with Crippen molar-refractivity contribution in [2.45, 2.75) is 26.1 Å². The number of nitrogens with two attached hydrogens (primary N) is 1. The van der Waals surface area contributed by atoms with Crippen molar-refractivity contribution in [3.05, 3.63) is 48.2 Å². The van der Waals surface area contributed by atoms with E-state index in [-0.39, 0.29) is 0 Å². The van der Waals surface area contributed by atoms with Crippen molar-refractivity contribution >= 4 is 5.82 Å². The Labute approximate surface area is 152 Å². The molecule has 3 N–H and O–H groups in total. The number of rotatable bonds is 3. The number of hydrogen-bond acceptors (Lipinski definition) is 6. The SMILES string of the molecule is Cc1nn(C)cc1-c1cncc(-c2cnc3c(c2)CCCN3C(N)O)c1. The van der Waals surface area contributed by atoms with Gasteiger partial charge in [0.1, 0.15) is 5.82 Å². The van der Waals surface area contributed by atoms with E-state index < -0.39 is 6.35 Å². The van der Waals surface area contributed by atoms with Gasteiger partial charge in [-0.3, -0.25) is 15.4 Å². The van der Waals surface area contributed by atoms with E-state index in [0.717, 1.165) is 52.2 Å². The van der Waals surface area contributed by atoms with Crippen molar-refractivity contribution in [2.24, 2.45) is 12.8 Å². The van der Waals surface area contributed by atoms with Crippen LogP contribution in [0.3, 0.4) is 0 Å². The maximum absolute atomic E-state index is 9.75. The van der Waals surface area contributed by atoms with Gasteiger partial charge >= 0.3 is 0 Å². The van der Waals surface area contributed by atoms with Gasteiger partial charge in [0.05, 0.1) is 5.69 Å². The molecule has 0 saturated heterocycles. The molecule has 3 aromatic heterocycles. The van der Waals surface area contributed by atoms with E-state index in [0.29, 0.717) is 6.54 Å². The zero-order valence-corrected chi connectivity index (χ0v) is 14.9. The van der Waals surface area contributed by atoms with E-state index in [2.05, 4.69) is 27.2 Å². The quantitative estimate of drug-likeness (QED) is 0.700. The van der Waals surface area contributed by atoms with E-state index in [4.69, 9.17) is 5.73 Å². The first kappa shape index (κ1) is 16.7. The lowest BCUT2D eigenvalue weighted by Crippen LogP contribution is -2.45. The van der Waals surface area contributed by atoms with Gasteiger partial charge in [-0.05, 0) is 37.5 Å². The van der Waals surface area contributed by atoms with Gasteiger partial charge in [-0.15, -0.1) is 0 Å². The molecular weight excluding hydrogens is 328 g/mol. The minimum absolute atomic E-state index is 0.717. The van der Waals surface area contributed by atoms with Crippen molar-refractivity contribution in [1.29, 1.82) is 0 Å². The molecule has 0 amide bonds. The second kappa shape index (κ2) is 6.51. The Kier molecular flexibility index (Phi) is 4.18. The summed E-state index contributed by atoms with van der Waals surface area (Å²) >= 11 is 0. The van der Waals surface area contributed by atoms with Crippen LogP contribution in [-0.4, -0.2) is 37.8 Å². The molecule has 1 atom stereocenters. The predicted octanol–water partition coefficient (Wildman–Crippen LogP) is 1.84. The summed E-state index contributed by atoms with van der Waals surface area (Å²) < 4.78 is 1.81. The van der Waals surface area contributed by atoms with E-state index in [1.54, 1.807) is 4.90 Å². The molecule has 7 heteroatoms. The maximum Gasteiger partial charge on any atom is 0.182 e. The minimum Gasteiger partial charge on any atom is -0.361 e. The van der Waals surface area contributed by atoms with Gasteiger partial charge in [-0.2, -0.15) is 5.10 Å². The molecule has 4 rings (SSSR count). The molecule has 0 aromatic carbocycles. The zero-order chi connectivity index (χ0) is 18.3. The van der Waals surface area contributed by atoms with Crippen LogP contribution in [0.4, 0.5) is 5.82 Å². The van der Waals surface area contributed by atoms with Crippen LogP contribution in [0.25, 0.3) is 22.3 Å². The monoisotopic (exact) mass is 350 g/mol. The largest absolute Gasteiger partial charge is 0.361 e. The average Bonchev–Trinajstić information content (AvgIpc) is 2.99. The fourth-order valence-electron chi connectivity index (χ4n) is 3.54. The Morgan fingerprint density at radius 1 is 1.15 bits per heavy atom. The third-order valence-electron chi connectivity index (χ3n) is 4.78. The number of aliphatic hydroxyl groups is 1. The van der Waals surface area contributed by atoms with Crippen LogP contribution >= 0.6 is 0 Å². The molecule has 134 valence electrons. The van der Waals surface area contributed by atoms with Gasteiger partial charge in [0.2, 0.25) is 0 Å². The zero-order valence-electron chi connectivity index (χ0n) is 14.9. The molecule has 0 spiro atoms. The Balaban J connectivity index is 1.73. The fraction of sp³-hybridized carbons (Fsp3) is 0.316. The summed E-state index contributed by atoms with van der Waals surface area (Å²) in [5.74, 6) is 0.766. The molecular formula is C19H22N6O. The van der Waals surface area contributed by atoms with Crippen LogP contribution in [-0.2, 0) is 13.5 Å². The summed E-state index contributed by atoms with van der Waals surface area (Å²) in [7, 11) is 1.92. The van der Waals surface area contributed by atoms with Crippen molar-refractivity contribution < 1.29 is 5.11 Å². The molecule has 0 fully saturated rings. The van der Waals surface area contributed by atoms with Gasteiger partial charge in [0.15, 0.2) is 6.35 Å². The highest BCUT2D eigenvalue weighted by molar-refractivity contribution is 5.73. The lowest BCUT2D eigenvalue weighted by Gasteiger charge is -2.32. The van der Waals surface area contributed by atoms with E-state index >= 15 is 0 Å². The number of anilines is 1. The summed E-state index contributed by atoms with van der Waals surface area (Å²) in [5.41, 5.74) is 11.8. The normalized spacial score (nSPS) is 15.0. The van der Waals surface area contributed by atoms with Gasteiger partial charge in [-0.25, -0.2) is 4.98 Å². The summed E-state index contributed by atoms with van der Waals surface area (Å²) in [6.45, 7) is 2.71. The number of pyridine rings is 2. The van der Waals surface area contributed by atoms with Gasteiger partial charge < -0.3 is 10.0 Å².